The Morgan fingerprint density at radius 2 is 2.00 bits per heavy atom. The van der Waals surface area contributed by atoms with Crippen LogP contribution in [0.3, 0.4) is 0 Å². The van der Waals surface area contributed by atoms with Crippen LogP contribution in [-0.4, -0.2) is 0 Å². The zero-order valence-electron chi connectivity index (χ0n) is 8.80. The smallest absolute Gasteiger partial charge is 0.0378 e. The quantitative estimate of drug-likeness (QED) is 0.755. The van der Waals surface area contributed by atoms with Gasteiger partial charge in [0.05, 0.1) is 0 Å². The predicted molar refractivity (Wildman–Crippen MR) is 57.7 cm³/mol. The molecule has 0 saturated heterocycles. The summed E-state index contributed by atoms with van der Waals surface area (Å²) in [6.07, 6.45) is 2.05. The van der Waals surface area contributed by atoms with Crippen molar-refractivity contribution in [2.45, 2.75) is 39.2 Å². The fourth-order valence-electron chi connectivity index (χ4n) is 1.35. The van der Waals surface area contributed by atoms with Gasteiger partial charge in [0, 0.05) is 5.54 Å². The van der Waals surface area contributed by atoms with Crippen molar-refractivity contribution in [1.29, 1.82) is 0 Å². The third-order valence-electron chi connectivity index (χ3n) is 2.73. The molecule has 0 aliphatic carbocycles. The van der Waals surface area contributed by atoms with Crippen LogP contribution >= 0.6 is 0 Å². The van der Waals surface area contributed by atoms with E-state index in [2.05, 4.69) is 45.0 Å². The highest BCUT2D eigenvalue weighted by molar-refractivity contribution is 5.28. The molecule has 1 aromatic rings. The number of rotatable bonds is 3. The van der Waals surface area contributed by atoms with Crippen LogP contribution in [0.15, 0.2) is 24.3 Å². The molecule has 0 fully saturated rings. The minimum atomic E-state index is -0.175. The summed E-state index contributed by atoms with van der Waals surface area (Å²) in [5, 5.41) is 0. The lowest BCUT2D eigenvalue weighted by Gasteiger charge is -2.23. The van der Waals surface area contributed by atoms with Crippen molar-refractivity contribution < 1.29 is 0 Å². The molecule has 1 heteroatoms. The molecular weight excluding hydrogens is 158 g/mol. The molecule has 1 unspecified atom stereocenters. The van der Waals surface area contributed by atoms with Gasteiger partial charge in [-0.1, -0.05) is 38.1 Å². The van der Waals surface area contributed by atoms with Gasteiger partial charge >= 0.3 is 0 Å². The molecule has 0 aromatic heterocycles. The van der Waals surface area contributed by atoms with Crippen LogP contribution in [0.2, 0.25) is 0 Å². The maximum Gasteiger partial charge on any atom is 0.0378 e. The SMILES string of the molecule is CCc1cccc(C(C)(N)CC)c1. The van der Waals surface area contributed by atoms with Gasteiger partial charge < -0.3 is 5.73 Å². The normalized spacial score (nSPS) is 15.4. The van der Waals surface area contributed by atoms with E-state index in [1.54, 1.807) is 0 Å². The Kier molecular flexibility index (Phi) is 3.10. The van der Waals surface area contributed by atoms with Gasteiger partial charge in [-0.3, -0.25) is 0 Å². The average Bonchev–Trinajstić information content (AvgIpc) is 2.18. The number of hydrogen-bond acceptors (Lipinski definition) is 1. The molecule has 0 spiro atoms. The first kappa shape index (κ1) is 10.3. The molecule has 0 aliphatic heterocycles. The highest BCUT2D eigenvalue weighted by Gasteiger charge is 2.17. The van der Waals surface area contributed by atoms with E-state index in [9.17, 15) is 0 Å². The highest BCUT2D eigenvalue weighted by atomic mass is 14.7. The standard InChI is InChI=1S/C12H19N/c1-4-10-7-6-8-11(9-10)12(3,13)5-2/h6-9H,4-5,13H2,1-3H3. The first-order valence-electron chi connectivity index (χ1n) is 4.98. The molecule has 13 heavy (non-hydrogen) atoms. The molecule has 0 bridgehead atoms. The molecule has 1 aromatic carbocycles. The molecule has 72 valence electrons. The first-order chi connectivity index (χ1) is 6.10. The lowest BCUT2D eigenvalue weighted by Crippen LogP contribution is -2.31. The monoisotopic (exact) mass is 177 g/mol. The van der Waals surface area contributed by atoms with Gasteiger partial charge in [-0.25, -0.2) is 0 Å². The number of hydrogen-bond donors (Lipinski definition) is 1. The van der Waals surface area contributed by atoms with Gasteiger partial charge in [0.2, 0.25) is 0 Å². The van der Waals surface area contributed by atoms with Gasteiger partial charge in [-0.05, 0) is 30.9 Å². The van der Waals surface area contributed by atoms with Gasteiger partial charge in [0.25, 0.3) is 0 Å². The number of nitrogens with two attached hydrogens (primary N) is 1. The molecule has 0 heterocycles. The van der Waals surface area contributed by atoms with Crippen LogP contribution in [0.4, 0.5) is 0 Å². The average molecular weight is 177 g/mol. The minimum Gasteiger partial charge on any atom is -0.322 e. The van der Waals surface area contributed by atoms with Crippen LogP contribution in [0.1, 0.15) is 38.3 Å². The van der Waals surface area contributed by atoms with E-state index in [-0.39, 0.29) is 5.54 Å². The molecular formula is C12H19N. The van der Waals surface area contributed by atoms with E-state index in [4.69, 9.17) is 5.73 Å². The van der Waals surface area contributed by atoms with Crippen molar-refractivity contribution in [3.63, 3.8) is 0 Å². The molecule has 0 aliphatic rings. The summed E-state index contributed by atoms with van der Waals surface area (Å²) in [7, 11) is 0. The van der Waals surface area contributed by atoms with Crippen LogP contribution in [0.5, 0.6) is 0 Å². The predicted octanol–water partition coefficient (Wildman–Crippen LogP) is 2.83. The summed E-state index contributed by atoms with van der Waals surface area (Å²) in [5.41, 5.74) is 8.59. The Morgan fingerprint density at radius 3 is 2.54 bits per heavy atom. The maximum absolute atomic E-state index is 6.16. The summed E-state index contributed by atoms with van der Waals surface area (Å²) < 4.78 is 0. The van der Waals surface area contributed by atoms with Crippen molar-refractivity contribution in [2.75, 3.05) is 0 Å². The number of aryl methyl sites for hydroxylation is 1. The summed E-state index contributed by atoms with van der Waals surface area (Å²) in [4.78, 5) is 0. The maximum atomic E-state index is 6.16. The Hall–Kier alpha value is -0.820. The third kappa shape index (κ3) is 2.31. The van der Waals surface area contributed by atoms with Crippen molar-refractivity contribution >= 4 is 0 Å². The molecule has 0 saturated carbocycles. The van der Waals surface area contributed by atoms with E-state index in [0.717, 1.165) is 12.8 Å². The van der Waals surface area contributed by atoms with E-state index >= 15 is 0 Å². The number of benzene rings is 1. The zero-order valence-corrected chi connectivity index (χ0v) is 8.80. The van der Waals surface area contributed by atoms with E-state index in [0.29, 0.717) is 0 Å². The highest BCUT2D eigenvalue weighted by Crippen LogP contribution is 2.21. The van der Waals surface area contributed by atoms with Crippen molar-refractivity contribution in [3.8, 4) is 0 Å². The second kappa shape index (κ2) is 3.93. The van der Waals surface area contributed by atoms with Crippen LogP contribution < -0.4 is 5.73 Å². The second-order valence-electron chi connectivity index (χ2n) is 3.82. The Bertz CT molecular complexity index is 276. The Morgan fingerprint density at radius 1 is 1.31 bits per heavy atom. The summed E-state index contributed by atoms with van der Waals surface area (Å²) in [6.45, 7) is 6.37. The van der Waals surface area contributed by atoms with Crippen LogP contribution in [0, 0.1) is 0 Å². The molecule has 0 amide bonds. The van der Waals surface area contributed by atoms with E-state index in [1.165, 1.54) is 11.1 Å². The summed E-state index contributed by atoms with van der Waals surface area (Å²) in [5.74, 6) is 0. The Labute approximate surface area is 81.0 Å². The van der Waals surface area contributed by atoms with E-state index in [1.807, 2.05) is 0 Å². The van der Waals surface area contributed by atoms with Crippen LogP contribution in [0.25, 0.3) is 0 Å². The Balaban J connectivity index is 3.01. The van der Waals surface area contributed by atoms with Gasteiger partial charge in [-0.2, -0.15) is 0 Å². The largest absolute Gasteiger partial charge is 0.322 e. The minimum absolute atomic E-state index is 0.175. The lowest BCUT2D eigenvalue weighted by molar-refractivity contribution is 0.476. The first-order valence-corrected chi connectivity index (χ1v) is 4.98. The molecule has 2 N–H and O–H groups in total. The molecule has 0 radical (unpaired) electrons. The van der Waals surface area contributed by atoms with Crippen molar-refractivity contribution in [1.82, 2.24) is 0 Å². The van der Waals surface area contributed by atoms with Gasteiger partial charge in [-0.15, -0.1) is 0 Å². The molecule has 1 atom stereocenters. The van der Waals surface area contributed by atoms with Gasteiger partial charge in [0.1, 0.15) is 0 Å². The van der Waals surface area contributed by atoms with Crippen molar-refractivity contribution in [3.05, 3.63) is 35.4 Å². The fraction of sp³-hybridized carbons (Fsp3) is 0.500. The van der Waals surface area contributed by atoms with Crippen LogP contribution in [-0.2, 0) is 12.0 Å². The zero-order chi connectivity index (χ0) is 9.90. The summed E-state index contributed by atoms with van der Waals surface area (Å²) >= 11 is 0. The van der Waals surface area contributed by atoms with Gasteiger partial charge in [0.15, 0.2) is 0 Å². The topological polar surface area (TPSA) is 26.0 Å². The summed E-state index contributed by atoms with van der Waals surface area (Å²) in [6, 6.07) is 8.57. The molecule has 1 nitrogen and oxygen atoms in total. The van der Waals surface area contributed by atoms with Crippen molar-refractivity contribution in [2.24, 2.45) is 5.73 Å². The molecule has 1 rings (SSSR count). The lowest BCUT2D eigenvalue weighted by atomic mass is 9.89. The second-order valence-corrected chi connectivity index (χ2v) is 3.82. The van der Waals surface area contributed by atoms with E-state index < -0.39 is 0 Å². The fourth-order valence-corrected chi connectivity index (χ4v) is 1.35. The third-order valence-corrected chi connectivity index (χ3v) is 2.73.